The molecular weight excluding hydrogens is 1890 g/mol. The molecule has 8 aromatic carbocycles. The van der Waals surface area contributed by atoms with Crippen molar-refractivity contribution >= 4 is 94.5 Å². The van der Waals surface area contributed by atoms with Gasteiger partial charge < -0.3 is 114 Å². The lowest BCUT2D eigenvalue weighted by atomic mass is 10.1. The number of nitrogens with two attached hydrogens (primary N) is 6. The van der Waals surface area contributed by atoms with Gasteiger partial charge in [0.1, 0.15) is 51.9 Å². The Morgan fingerprint density at radius 2 is 0.547 bits per heavy atom. The van der Waals surface area contributed by atoms with E-state index in [1.54, 1.807) is 244 Å². The lowest BCUT2D eigenvalue weighted by Crippen LogP contribution is -2.53. The number of aromatic amines is 1. The predicted molar refractivity (Wildman–Crippen MR) is 558 cm³/mol. The number of primary amides is 1. The molecule has 39 heteroatoms. The van der Waals surface area contributed by atoms with Crippen LogP contribution in [0.1, 0.15) is 115 Å². The van der Waals surface area contributed by atoms with Crippen molar-refractivity contribution in [3.8, 4) is 0 Å². The van der Waals surface area contributed by atoms with E-state index in [0.717, 1.165) is 0 Å². The summed E-state index contributed by atoms with van der Waals surface area (Å²) in [6.45, 7) is -7.20. The molecule has 0 fully saturated rings. The zero-order valence-corrected chi connectivity index (χ0v) is 84.3. The molecule has 16 amide bonds. The number of nitrogens with one attached hydrogen (secondary N) is 4. The van der Waals surface area contributed by atoms with Crippen LogP contribution in [0.15, 0.2) is 255 Å². The molecule has 16 N–H and O–H groups in total. The van der Waals surface area contributed by atoms with Gasteiger partial charge in [0.2, 0.25) is 94.5 Å². The molecule has 0 saturated heterocycles. The number of hydrogen-bond acceptors (Lipinski definition) is 22. The van der Waals surface area contributed by atoms with Crippen LogP contribution in [0.25, 0.3) is 0 Å². The Balaban J connectivity index is 0.971. The molecule has 2 atom stereocenters. The van der Waals surface area contributed by atoms with Crippen molar-refractivity contribution in [1.82, 2.24) is 84.7 Å². The Hall–Kier alpha value is -15.7. The third-order valence-corrected chi connectivity index (χ3v) is 24.6. The van der Waals surface area contributed by atoms with Crippen molar-refractivity contribution in [2.24, 2.45) is 34.4 Å². The molecule has 0 radical (unpaired) electrons. The molecule has 9 rings (SSSR count). The van der Waals surface area contributed by atoms with E-state index >= 15 is 47.9 Å². The summed E-state index contributed by atoms with van der Waals surface area (Å²) in [7, 11) is 0. The molecule has 1 aromatic heterocycles. The monoisotopic (exact) mass is 2030 g/mol. The van der Waals surface area contributed by atoms with Gasteiger partial charge in [-0.1, -0.05) is 243 Å². The fourth-order valence-electron chi connectivity index (χ4n) is 16.3. The predicted octanol–water partition coefficient (Wildman–Crippen LogP) is 3.17. The Bertz CT molecular complexity index is 5680. The number of rotatable bonds is 65. The fourth-order valence-corrected chi connectivity index (χ4v) is 16.3. The Kier molecular flexibility index (Phi) is 49.7. The zero-order valence-electron chi connectivity index (χ0n) is 84.3. The first-order valence-corrected chi connectivity index (χ1v) is 49.9. The van der Waals surface area contributed by atoms with Gasteiger partial charge in [-0.2, -0.15) is 0 Å². The maximum absolute atomic E-state index is 15.8. The first-order valence-electron chi connectivity index (χ1n) is 49.9. The van der Waals surface area contributed by atoms with Crippen LogP contribution in [0.5, 0.6) is 0 Å². The largest absolute Gasteiger partial charge is 0.368 e. The lowest BCUT2D eigenvalue weighted by Gasteiger charge is -2.34. The van der Waals surface area contributed by atoms with Crippen LogP contribution in [-0.4, -0.2) is 320 Å². The number of carbonyl (C=O) groups excluding carboxylic acids is 16. The average Bonchev–Trinajstić information content (AvgIpc) is 0.909. The van der Waals surface area contributed by atoms with Gasteiger partial charge >= 0.3 is 0 Å². The highest BCUT2D eigenvalue weighted by atomic mass is 16.2. The second-order valence-electron chi connectivity index (χ2n) is 36.1. The van der Waals surface area contributed by atoms with E-state index in [2.05, 4.69) is 25.9 Å². The van der Waals surface area contributed by atoms with Gasteiger partial charge in [0.25, 0.3) is 0 Å². The number of H-pyrrole nitrogens is 1. The van der Waals surface area contributed by atoms with Crippen molar-refractivity contribution in [2.45, 2.75) is 123 Å². The summed E-state index contributed by atoms with van der Waals surface area (Å²) in [6.07, 6.45) is 5.69. The van der Waals surface area contributed by atoms with E-state index in [1.165, 1.54) is 71.3 Å². The summed E-state index contributed by atoms with van der Waals surface area (Å²) < 4.78 is 0. The van der Waals surface area contributed by atoms with Gasteiger partial charge in [-0.15, -0.1) is 0 Å². The molecule has 148 heavy (non-hydrogen) atoms. The summed E-state index contributed by atoms with van der Waals surface area (Å²) in [5.74, 6) is -11.1. The van der Waals surface area contributed by atoms with Gasteiger partial charge in [-0.05, 0) is 129 Å². The maximum Gasteiger partial charge on any atom is 0.243 e. The fraction of sp³-hybridized carbons (Fsp3) is 0.385. The lowest BCUT2D eigenvalue weighted by molar-refractivity contribution is -0.150. The minimum absolute atomic E-state index is 0.00859. The number of amides is 16. The standard InChI is InChI=1S/C109H141N23O16/c1-83(91-48-24-9-25-49-91)132(108(147)80-121(54-30-26-50-110)97(136)62-118-109(148)93(58-92-60-116-82-119-92)120-96(135)61-117-95(134)59-114)81-107(146)131(69-90-46-22-8-23-47-90)76-100(139)124(57-33-29-53-113)73-103(142)130(68-89-44-20-7-21-45-89)79-106(145)127(65-86-38-14-4-15-39-86)75-99(138)123(56-32-28-52-112)72-102(141)129(67-88-42-18-6-19-43-88)78-105(144)126(64-85-36-12-3-13-37-85)74-98(137)122(55-31-27-51-111)71-101(140)128(66-87-40-16-5-17-41-87)77-104(143)125(70-94(115)133)63-84-34-10-2-11-35-84/h2-25,34-49,60,82-83,93H,26-33,50-59,61-81,110-114H2,1H3,(H2,115,133)(H,116,119)(H,117,134)(H,118,148)(H,120,135)/t83-,93-/m0/s1. The van der Waals surface area contributed by atoms with Crippen LogP contribution in [0.4, 0.5) is 0 Å². The van der Waals surface area contributed by atoms with Crippen LogP contribution in [0.3, 0.4) is 0 Å². The normalized spacial score (nSPS) is 11.3. The number of aromatic nitrogens is 2. The van der Waals surface area contributed by atoms with Gasteiger partial charge in [0, 0.05) is 84.6 Å². The molecular formula is C109H141N23O16. The maximum atomic E-state index is 15.8. The first kappa shape index (κ1) is 116. The molecule has 1 heterocycles. The third kappa shape index (κ3) is 40.7. The molecule has 0 unspecified atom stereocenters. The third-order valence-electron chi connectivity index (χ3n) is 24.6. The molecule has 0 bridgehead atoms. The second-order valence-corrected chi connectivity index (χ2v) is 36.1. The topological polar surface area (TPSA) is 533 Å². The molecule has 0 saturated carbocycles. The second kappa shape index (κ2) is 63.5. The van der Waals surface area contributed by atoms with Crippen LogP contribution in [-0.2, 0) is 129 Å². The Morgan fingerprint density at radius 1 is 0.291 bits per heavy atom. The quantitative estimate of drug-likeness (QED) is 0.0245. The first-order chi connectivity index (χ1) is 71.6. The van der Waals surface area contributed by atoms with Crippen molar-refractivity contribution in [3.05, 3.63) is 305 Å². The van der Waals surface area contributed by atoms with Gasteiger partial charge in [-0.3, -0.25) is 76.7 Å². The summed E-state index contributed by atoms with van der Waals surface area (Å²) in [4.78, 5) is 258. The minimum atomic E-state index is -1.29. The molecule has 9 aromatic rings. The molecule has 0 aliphatic rings. The highest BCUT2D eigenvalue weighted by Gasteiger charge is 2.37. The molecule has 788 valence electrons. The van der Waals surface area contributed by atoms with Crippen LogP contribution >= 0.6 is 0 Å². The zero-order chi connectivity index (χ0) is 106. The van der Waals surface area contributed by atoms with E-state index in [1.807, 2.05) is 6.07 Å². The van der Waals surface area contributed by atoms with Gasteiger partial charge in [0.05, 0.1) is 70.4 Å². The minimum Gasteiger partial charge on any atom is -0.368 e. The van der Waals surface area contributed by atoms with E-state index in [0.29, 0.717) is 88.7 Å². The highest BCUT2D eigenvalue weighted by molar-refractivity contribution is 5.97. The van der Waals surface area contributed by atoms with Gasteiger partial charge in [0.15, 0.2) is 0 Å². The number of nitrogens with zero attached hydrogens (tertiary/aromatic N) is 13. The number of benzene rings is 8. The highest BCUT2D eigenvalue weighted by Crippen LogP contribution is 2.24. The Labute approximate surface area is 864 Å². The molecule has 39 nitrogen and oxygen atoms in total. The number of hydrogen-bond donors (Lipinski definition) is 10. The van der Waals surface area contributed by atoms with E-state index < -0.39 is 198 Å². The number of imidazole rings is 1. The van der Waals surface area contributed by atoms with Crippen molar-refractivity contribution < 1.29 is 76.7 Å². The van der Waals surface area contributed by atoms with E-state index in [9.17, 15) is 28.8 Å². The summed E-state index contributed by atoms with van der Waals surface area (Å²) in [5, 5.41) is 7.49. The van der Waals surface area contributed by atoms with Crippen molar-refractivity contribution in [2.75, 3.05) is 151 Å². The van der Waals surface area contributed by atoms with E-state index in [4.69, 9.17) is 34.4 Å². The average molecular weight is 2030 g/mol. The van der Waals surface area contributed by atoms with Crippen molar-refractivity contribution in [1.29, 1.82) is 0 Å². The number of carbonyl (C=O) groups is 16. The molecule has 0 aliphatic heterocycles. The Morgan fingerprint density at radius 3 is 0.818 bits per heavy atom. The molecule has 0 aliphatic carbocycles. The molecule has 0 spiro atoms. The van der Waals surface area contributed by atoms with Crippen LogP contribution in [0, 0.1) is 0 Å². The van der Waals surface area contributed by atoms with Crippen molar-refractivity contribution in [3.63, 3.8) is 0 Å². The van der Waals surface area contributed by atoms with Gasteiger partial charge in [-0.25, -0.2) is 4.98 Å². The summed E-state index contributed by atoms with van der Waals surface area (Å²) >= 11 is 0. The smallest absolute Gasteiger partial charge is 0.243 e. The van der Waals surface area contributed by atoms with E-state index in [-0.39, 0.29) is 124 Å². The summed E-state index contributed by atoms with van der Waals surface area (Å²) in [6, 6.07) is 68.6. The SMILES string of the molecule is C[C@@H](c1ccccc1)N(CC(=O)N(CC(=O)N(CCCCN)CC(=O)N(CC(=O)N(CC(=O)N(CCCCN)CC(=O)N(CC(=O)N(CC(=O)N(CCCCN)CC(=O)N(CC(=O)N(CC(N)=O)Cc1ccccc1)Cc1ccccc1)Cc1ccccc1)Cc1ccccc1)Cc1ccccc1)Cc1ccccc1)Cc1ccccc1)C(=O)CN(CCCCN)C(=O)CNC(=O)[C@H](Cc1c[nH]cn1)NC(=O)CNC(=O)CN. The summed E-state index contributed by atoms with van der Waals surface area (Å²) in [5.41, 5.74) is 40.6. The van der Waals surface area contributed by atoms with Crippen LogP contribution in [0.2, 0.25) is 0 Å². The number of unbranched alkanes of at least 4 members (excludes halogenated alkanes) is 4. The van der Waals surface area contributed by atoms with Crippen LogP contribution < -0.4 is 50.4 Å².